The van der Waals surface area contributed by atoms with Crippen molar-refractivity contribution in [3.63, 3.8) is 0 Å². The summed E-state index contributed by atoms with van der Waals surface area (Å²) in [6, 6.07) is 0. The summed E-state index contributed by atoms with van der Waals surface area (Å²) < 4.78 is 30.3. The van der Waals surface area contributed by atoms with Crippen molar-refractivity contribution in [2.24, 2.45) is 0 Å². The Labute approximate surface area is 132 Å². The van der Waals surface area contributed by atoms with Crippen LogP contribution in [0.3, 0.4) is 0 Å². The van der Waals surface area contributed by atoms with Gasteiger partial charge in [0.05, 0.1) is 13.7 Å². The van der Waals surface area contributed by atoms with Crippen molar-refractivity contribution in [2.45, 2.75) is 58.3 Å². The Bertz CT molecular complexity index is 280. The van der Waals surface area contributed by atoms with Crippen molar-refractivity contribution in [1.82, 2.24) is 11.1 Å². The molecule has 0 amide bonds. The number of hydrogen-bond donors (Lipinski definition) is 1. The first-order valence-electron chi connectivity index (χ1n) is 7.41. The predicted molar refractivity (Wildman–Crippen MR) is 89.1 cm³/mol. The van der Waals surface area contributed by atoms with E-state index in [0.717, 1.165) is 26.4 Å². The second-order valence-corrected chi connectivity index (χ2v) is 6.60. The van der Waals surface area contributed by atoms with Crippen molar-refractivity contribution in [3.8, 4) is 0 Å². The van der Waals surface area contributed by atoms with Crippen LogP contribution in [0.25, 0.3) is 0 Å². The molecule has 0 spiro atoms. The van der Waals surface area contributed by atoms with E-state index in [1.807, 2.05) is 26.0 Å². The first kappa shape index (κ1) is 25.7. The van der Waals surface area contributed by atoms with E-state index in [1.54, 1.807) is 0 Å². The van der Waals surface area contributed by atoms with Crippen molar-refractivity contribution in [3.05, 3.63) is 0 Å². The summed E-state index contributed by atoms with van der Waals surface area (Å²) >= 11 is 0. The van der Waals surface area contributed by atoms with E-state index in [0.29, 0.717) is 0 Å². The Morgan fingerprint density at radius 3 is 1.62 bits per heavy atom. The van der Waals surface area contributed by atoms with Crippen LogP contribution in [0.15, 0.2) is 0 Å². The molecule has 0 rings (SSSR count). The number of rotatable bonds is 11. The summed E-state index contributed by atoms with van der Waals surface area (Å²) in [5.41, 5.74) is 0. The summed E-state index contributed by atoms with van der Waals surface area (Å²) in [7, 11) is 3.38. The molecule has 0 aromatic heterocycles. The van der Waals surface area contributed by atoms with E-state index in [2.05, 4.69) is 15.3 Å². The van der Waals surface area contributed by atoms with Crippen LogP contribution in [0.4, 0.5) is 0 Å². The Morgan fingerprint density at radius 2 is 1.24 bits per heavy atom. The van der Waals surface area contributed by atoms with Gasteiger partial charge in [-0.3, -0.25) is 4.18 Å². The van der Waals surface area contributed by atoms with Gasteiger partial charge in [0.1, 0.15) is 0 Å². The van der Waals surface area contributed by atoms with Gasteiger partial charge >= 0.3 is 10.4 Å². The summed E-state index contributed by atoms with van der Waals surface area (Å²) in [4.78, 5) is 2.00. The molecular formula is C14H36N2O4S. The number of nitrogens with zero attached hydrogens (tertiary/aromatic N) is 1. The maximum absolute atomic E-state index is 10.8. The first-order chi connectivity index (χ1) is 9.35. The topological polar surface area (TPSA) is 90.8 Å². The van der Waals surface area contributed by atoms with Gasteiger partial charge in [-0.15, -0.1) is 0 Å². The highest BCUT2D eigenvalue weighted by Gasteiger charge is 2.07. The lowest BCUT2D eigenvalue weighted by Gasteiger charge is -2.03. The monoisotopic (exact) mass is 328 g/mol. The zero-order valence-electron chi connectivity index (χ0n) is 14.6. The third-order valence-electron chi connectivity index (χ3n) is 2.43. The van der Waals surface area contributed by atoms with Crippen molar-refractivity contribution < 1.29 is 16.8 Å². The standard InChI is InChI=1S/C11H24O4S.C3H9N.H3N/c1-3-4-5-6-7-8-9-10-11-15-16(12,13)14-2;1-4(2)3;/h3-11H2,1-2H3;1-3H3;1H3. The molecule has 132 valence electrons. The third-order valence-corrected chi connectivity index (χ3v) is 3.29. The fraction of sp³-hybridized carbons (Fsp3) is 1.00. The maximum atomic E-state index is 10.8. The normalized spacial score (nSPS) is 10.8. The second kappa shape index (κ2) is 17.8. The van der Waals surface area contributed by atoms with E-state index in [-0.39, 0.29) is 12.8 Å². The molecule has 3 N–H and O–H groups in total. The summed E-state index contributed by atoms with van der Waals surface area (Å²) in [5, 5.41) is 0. The molecule has 0 heterocycles. The Balaban J connectivity index is -0.000000572. The van der Waals surface area contributed by atoms with Crippen LogP contribution in [0, 0.1) is 0 Å². The highest BCUT2D eigenvalue weighted by atomic mass is 32.3. The van der Waals surface area contributed by atoms with Gasteiger partial charge in [-0.2, -0.15) is 8.42 Å². The maximum Gasteiger partial charge on any atom is 0.399 e. The molecule has 21 heavy (non-hydrogen) atoms. The zero-order chi connectivity index (χ0) is 15.9. The van der Waals surface area contributed by atoms with Crippen LogP contribution in [-0.4, -0.2) is 48.2 Å². The molecule has 0 saturated heterocycles. The van der Waals surface area contributed by atoms with Crippen molar-refractivity contribution >= 4 is 10.4 Å². The molecular weight excluding hydrogens is 292 g/mol. The number of unbranched alkanes of at least 4 members (excludes halogenated alkanes) is 7. The molecule has 0 aromatic carbocycles. The smallest absolute Gasteiger partial charge is 0.344 e. The van der Waals surface area contributed by atoms with Crippen LogP contribution >= 0.6 is 0 Å². The molecule has 7 heteroatoms. The van der Waals surface area contributed by atoms with Crippen LogP contribution in [-0.2, 0) is 18.8 Å². The Hall–Kier alpha value is -0.210. The van der Waals surface area contributed by atoms with Gasteiger partial charge in [0.25, 0.3) is 0 Å². The summed E-state index contributed by atoms with van der Waals surface area (Å²) in [5.74, 6) is 0. The zero-order valence-corrected chi connectivity index (χ0v) is 15.4. The predicted octanol–water partition coefficient (Wildman–Crippen LogP) is 3.37. The summed E-state index contributed by atoms with van der Waals surface area (Å²) in [6.45, 7) is 2.43. The lowest BCUT2D eigenvalue weighted by Crippen LogP contribution is -2.08. The van der Waals surface area contributed by atoms with E-state index in [4.69, 9.17) is 0 Å². The molecule has 0 fully saturated rings. The Morgan fingerprint density at radius 1 is 0.857 bits per heavy atom. The van der Waals surface area contributed by atoms with E-state index in [9.17, 15) is 8.42 Å². The molecule has 0 saturated carbocycles. The quantitative estimate of drug-likeness (QED) is 0.585. The minimum atomic E-state index is -3.72. The average Bonchev–Trinajstić information content (AvgIpc) is 2.36. The molecule has 0 aromatic rings. The fourth-order valence-electron chi connectivity index (χ4n) is 1.45. The molecule has 0 bridgehead atoms. The molecule has 6 nitrogen and oxygen atoms in total. The van der Waals surface area contributed by atoms with Crippen LogP contribution in [0.1, 0.15) is 58.3 Å². The SMILES string of the molecule is CCCCCCCCCCOS(=O)(=O)OC.CN(C)C.N. The highest BCUT2D eigenvalue weighted by Crippen LogP contribution is 2.08. The van der Waals surface area contributed by atoms with Gasteiger partial charge in [-0.05, 0) is 27.6 Å². The van der Waals surface area contributed by atoms with Crippen molar-refractivity contribution in [1.29, 1.82) is 0 Å². The molecule has 0 unspecified atom stereocenters. The highest BCUT2D eigenvalue weighted by molar-refractivity contribution is 7.81. The van der Waals surface area contributed by atoms with Crippen molar-refractivity contribution in [2.75, 3.05) is 34.9 Å². The molecule has 0 aliphatic heterocycles. The summed E-state index contributed by atoms with van der Waals surface area (Å²) in [6.07, 6.45) is 9.35. The minimum Gasteiger partial charge on any atom is -0.344 e. The molecule has 0 radical (unpaired) electrons. The van der Waals surface area contributed by atoms with Crippen LogP contribution in [0.5, 0.6) is 0 Å². The Kier molecular flexibility index (Phi) is 21.9. The van der Waals surface area contributed by atoms with E-state index >= 15 is 0 Å². The minimum absolute atomic E-state index is 0. The van der Waals surface area contributed by atoms with Gasteiger partial charge in [0.2, 0.25) is 0 Å². The van der Waals surface area contributed by atoms with Gasteiger partial charge < -0.3 is 11.1 Å². The van der Waals surface area contributed by atoms with Gasteiger partial charge in [0, 0.05) is 0 Å². The van der Waals surface area contributed by atoms with E-state index < -0.39 is 10.4 Å². The van der Waals surface area contributed by atoms with Crippen LogP contribution < -0.4 is 6.15 Å². The largest absolute Gasteiger partial charge is 0.399 e. The third kappa shape index (κ3) is 28.6. The molecule has 0 atom stereocenters. The lowest BCUT2D eigenvalue weighted by molar-refractivity contribution is 0.238. The number of hydrogen-bond acceptors (Lipinski definition) is 6. The van der Waals surface area contributed by atoms with E-state index in [1.165, 1.54) is 32.1 Å². The van der Waals surface area contributed by atoms with Gasteiger partial charge in [-0.1, -0.05) is 51.9 Å². The first-order valence-corrected chi connectivity index (χ1v) is 8.75. The second-order valence-electron chi connectivity index (χ2n) is 5.21. The molecule has 0 aliphatic rings. The van der Waals surface area contributed by atoms with Gasteiger partial charge in [0.15, 0.2) is 0 Å². The lowest BCUT2D eigenvalue weighted by atomic mass is 10.1. The van der Waals surface area contributed by atoms with Crippen LogP contribution in [0.2, 0.25) is 0 Å². The fourth-order valence-corrected chi connectivity index (χ4v) is 1.86. The molecule has 0 aliphatic carbocycles. The van der Waals surface area contributed by atoms with Gasteiger partial charge in [-0.25, -0.2) is 4.18 Å². The average molecular weight is 329 g/mol.